The van der Waals surface area contributed by atoms with Gasteiger partial charge in [0.1, 0.15) is 18.1 Å². The molecule has 0 aliphatic carbocycles. The number of benzene rings is 3. The highest BCUT2D eigenvalue weighted by atomic mass is 16.3. The number of hydrogen-bond acceptors (Lipinski definition) is 3. The van der Waals surface area contributed by atoms with Gasteiger partial charge < -0.3 is 14.2 Å². The molecule has 0 saturated carbocycles. The van der Waals surface area contributed by atoms with Gasteiger partial charge in [0.2, 0.25) is 5.91 Å². The molecule has 0 radical (unpaired) electrons. The maximum Gasteiger partial charge on any atom is 0.254 e. The number of carbonyl (C=O) groups excluding carboxylic acids is 2. The van der Waals surface area contributed by atoms with Crippen molar-refractivity contribution in [3.05, 3.63) is 132 Å². The summed E-state index contributed by atoms with van der Waals surface area (Å²) < 4.78 is 5.73. The van der Waals surface area contributed by atoms with Crippen molar-refractivity contribution in [1.82, 2.24) is 9.80 Å². The standard InChI is InChI=1S/C31H30N2O3/c1-3-20-32(31(35)28-17-15-27(16-18-28)26-12-8-5-9-13-26)23-30(34)33(21-25-10-6-4-7-11-25)22-29-19-14-24(2)36-29/h3-19H,1,20-23H2,2H3. The van der Waals surface area contributed by atoms with Crippen molar-refractivity contribution >= 4 is 11.8 Å². The lowest BCUT2D eigenvalue weighted by atomic mass is 10.0. The zero-order valence-electron chi connectivity index (χ0n) is 20.5. The van der Waals surface area contributed by atoms with Crippen LogP contribution in [0.25, 0.3) is 11.1 Å². The van der Waals surface area contributed by atoms with Crippen molar-refractivity contribution in [1.29, 1.82) is 0 Å². The normalized spacial score (nSPS) is 10.6. The lowest BCUT2D eigenvalue weighted by Crippen LogP contribution is -2.42. The van der Waals surface area contributed by atoms with Gasteiger partial charge in [-0.1, -0.05) is 78.9 Å². The summed E-state index contributed by atoms with van der Waals surface area (Å²) >= 11 is 0. The van der Waals surface area contributed by atoms with E-state index in [1.807, 2.05) is 91.9 Å². The van der Waals surface area contributed by atoms with Crippen molar-refractivity contribution < 1.29 is 14.0 Å². The SMILES string of the molecule is C=CCN(CC(=O)N(Cc1ccccc1)Cc1ccc(C)o1)C(=O)c1ccc(-c2ccccc2)cc1. The van der Waals surface area contributed by atoms with E-state index in [1.165, 1.54) is 4.90 Å². The van der Waals surface area contributed by atoms with Crippen LogP contribution in [0.3, 0.4) is 0 Å². The summed E-state index contributed by atoms with van der Waals surface area (Å²) in [6.07, 6.45) is 1.64. The van der Waals surface area contributed by atoms with Crippen LogP contribution in [0, 0.1) is 6.92 Å². The smallest absolute Gasteiger partial charge is 0.254 e. The summed E-state index contributed by atoms with van der Waals surface area (Å²) in [5.41, 5.74) is 3.65. The van der Waals surface area contributed by atoms with Crippen molar-refractivity contribution in [2.45, 2.75) is 20.0 Å². The van der Waals surface area contributed by atoms with Crippen LogP contribution < -0.4 is 0 Å². The second-order valence-electron chi connectivity index (χ2n) is 8.67. The molecular weight excluding hydrogens is 448 g/mol. The summed E-state index contributed by atoms with van der Waals surface area (Å²) in [7, 11) is 0. The van der Waals surface area contributed by atoms with Crippen LogP contribution in [-0.4, -0.2) is 34.7 Å². The number of amides is 2. The molecule has 5 heteroatoms. The Labute approximate surface area is 212 Å². The number of nitrogens with zero attached hydrogens (tertiary/aromatic N) is 2. The van der Waals surface area contributed by atoms with Crippen LogP contribution in [-0.2, 0) is 17.9 Å². The molecule has 36 heavy (non-hydrogen) atoms. The van der Waals surface area contributed by atoms with Crippen LogP contribution in [0.2, 0.25) is 0 Å². The summed E-state index contributed by atoms with van der Waals surface area (Å²) in [5.74, 6) is 1.12. The Kier molecular flexibility index (Phi) is 8.14. The third-order valence-corrected chi connectivity index (χ3v) is 5.91. The van der Waals surface area contributed by atoms with E-state index < -0.39 is 0 Å². The van der Waals surface area contributed by atoms with E-state index in [0.29, 0.717) is 24.4 Å². The van der Waals surface area contributed by atoms with Crippen LogP contribution in [0.4, 0.5) is 0 Å². The maximum atomic E-state index is 13.5. The molecule has 4 aromatic rings. The molecule has 1 aromatic heterocycles. The molecule has 0 unspecified atom stereocenters. The van der Waals surface area contributed by atoms with E-state index in [4.69, 9.17) is 4.42 Å². The summed E-state index contributed by atoms with van der Waals surface area (Å²) in [6, 6.07) is 31.0. The molecule has 182 valence electrons. The first-order valence-electron chi connectivity index (χ1n) is 12.0. The minimum absolute atomic E-state index is 0.0577. The zero-order valence-corrected chi connectivity index (χ0v) is 20.5. The van der Waals surface area contributed by atoms with E-state index in [-0.39, 0.29) is 24.9 Å². The minimum atomic E-state index is -0.212. The predicted octanol–water partition coefficient (Wildman–Crippen LogP) is 6.11. The van der Waals surface area contributed by atoms with Crippen LogP contribution in [0.15, 0.2) is 114 Å². The second kappa shape index (κ2) is 11.8. The molecule has 0 spiro atoms. The fourth-order valence-corrected chi connectivity index (χ4v) is 4.05. The predicted molar refractivity (Wildman–Crippen MR) is 142 cm³/mol. The van der Waals surface area contributed by atoms with E-state index in [9.17, 15) is 9.59 Å². The molecule has 0 N–H and O–H groups in total. The van der Waals surface area contributed by atoms with Crippen molar-refractivity contribution in [2.24, 2.45) is 0 Å². The highest BCUT2D eigenvalue weighted by Gasteiger charge is 2.23. The van der Waals surface area contributed by atoms with E-state index in [0.717, 1.165) is 22.5 Å². The Morgan fingerprint density at radius 1 is 0.778 bits per heavy atom. The van der Waals surface area contributed by atoms with Crippen molar-refractivity contribution in [2.75, 3.05) is 13.1 Å². The van der Waals surface area contributed by atoms with Crippen molar-refractivity contribution in [3.8, 4) is 11.1 Å². The van der Waals surface area contributed by atoms with E-state index in [2.05, 4.69) is 6.58 Å². The molecule has 0 atom stereocenters. The first-order valence-corrected chi connectivity index (χ1v) is 12.0. The quantitative estimate of drug-likeness (QED) is 0.258. The van der Waals surface area contributed by atoms with Crippen LogP contribution in [0.1, 0.15) is 27.4 Å². The highest BCUT2D eigenvalue weighted by molar-refractivity contribution is 5.97. The zero-order chi connectivity index (χ0) is 25.3. The average molecular weight is 479 g/mol. The number of hydrogen-bond donors (Lipinski definition) is 0. The third kappa shape index (κ3) is 6.39. The Morgan fingerprint density at radius 3 is 2.03 bits per heavy atom. The van der Waals surface area contributed by atoms with Gasteiger partial charge in [-0.05, 0) is 47.9 Å². The first kappa shape index (κ1) is 24.7. The van der Waals surface area contributed by atoms with Gasteiger partial charge in [-0.3, -0.25) is 9.59 Å². The van der Waals surface area contributed by atoms with E-state index >= 15 is 0 Å². The molecular formula is C31H30N2O3. The van der Waals surface area contributed by atoms with Gasteiger partial charge in [-0.15, -0.1) is 6.58 Å². The van der Waals surface area contributed by atoms with E-state index in [1.54, 1.807) is 23.1 Å². The lowest BCUT2D eigenvalue weighted by Gasteiger charge is -2.27. The van der Waals surface area contributed by atoms with Gasteiger partial charge in [0.15, 0.2) is 0 Å². The Hall–Kier alpha value is -4.38. The van der Waals surface area contributed by atoms with Crippen LogP contribution >= 0.6 is 0 Å². The fourth-order valence-electron chi connectivity index (χ4n) is 4.05. The fraction of sp³-hybridized carbons (Fsp3) is 0.161. The molecule has 5 nitrogen and oxygen atoms in total. The molecule has 0 bridgehead atoms. The molecule has 2 amide bonds. The number of carbonyl (C=O) groups is 2. The molecule has 0 aliphatic rings. The number of rotatable bonds is 10. The average Bonchev–Trinajstić information content (AvgIpc) is 3.33. The number of furan rings is 1. The first-order chi connectivity index (χ1) is 17.5. The molecule has 3 aromatic carbocycles. The van der Waals surface area contributed by atoms with Crippen LogP contribution in [0.5, 0.6) is 0 Å². The Morgan fingerprint density at radius 2 is 1.42 bits per heavy atom. The topological polar surface area (TPSA) is 53.8 Å². The van der Waals surface area contributed by atoms with Gasteiger partial charge in [0, 0.05) is 18.7 Å². The monoisotopic (exact) mass is 478 g/mol. The molecule has 4 rings (SSSR count). The lowest BCUT2D eigenvalue weighted by molar-refractivity contribution is -0.133. The Balaban J connectivity index is 1.51. The van der Waals surface area contributed by atoms with Gasteiger partial charge in [-0.25, -0.2) is 0 Å². The van der Waals surface area contributed by atoms with Gasteiger partial charge in [-0.2, -0.15) is 0 Å². The molecule has 1 heterocycles. The largest absolute Gasteiger partial charge is 0.464 e. The third-order valence-electron chi connectivity index (χ3n) is 5.91. The van der Waals surface area contributed by atoms with Gasteiger partial charge >= 0.3 is 0 Å². The summed E-state index contributed by atoms with van der Waals surface area (Å²) in [5, 5.41) is 0. The minimum Gasteiger partial charge on any atom is -0.464 e. The maximum absolute atomic E-state index is 13.5. The highest BCUT2D eigenvalue weighted by Crippen LogP contribution is 2.20. The summed E-state index contributed by atoms with van der Waals surface area (Å²) in [4.78, 5) is 30.1. The summed E-state index contributed by atoms with van der Waals surface area (Å²) in [6.45, 7) is 6.61. The molecule has 0 aliphatic heterocycles. The van der Waals surface area contributed by atoms with Gasteiger partial charge in [0.05, 0.1) is 6.54 Å². The second-order valence-corrected chi connectivity index (χ2v) is 8.67. The molecule has 0 saturated heterocycles. The molecule has 0 fully saturated rings. The number of aryl methyl sites for hydroxylation is 1. The van der Waals surface area contributed by atoms with Crippen molar-refractivity contribution in [3.63, 3.8) is 0 Å². The Bertz CT molecular complexity index is 1290. The van der Waals surface area contributed by atoms with Gasteiger partial charge in [0.25, 0.3) is 5.91 Å².